The zero-order valence-electron chi connectivity index (χ0n) is 15.3. The first-order valence-corrected chi connectivity index (χ1v) is 9.18. The van der Waals surface area contributed by atoms with Crippen LogP contribution < -0.4 is 15.4 Å². The van der Waals surface area contributed by atoms with E-state index in [1.165, 1.54) is 12.3 Å². The van der Waals surface area contributed by atoms with Crippen LogP contribution in [0, 0.1) is 5.82 Å². The van der Waals surface area contributed by atoms with Crippen LogP contribution >= 0.6 is 0 Å². The molecule has 1 aliphatic rings. The van der Waals surface area contributed by atoms with Gasteiger partial charge in [0.1, 0.15) is 0 Å². The molecule has 1 fully saturated rings. The lowest BCUT2D eigenvalue weighted by Crippen LogP contribution is -2.43. The van der Waals surface area contributed by atoms with Crippen molar-refractivity contribution in [2.24, 2.45) is 0 Å². The minimum Gasteiger partial charge on any atom is -0.432 e. The van der Waals surface area contributed by atoms with E-state index in [0.29, 0.717) is 25.7 Å². The molecule has 1 amide bonds. The van der Waals surface area contributed by atoms with E-state index >= 15 is 0 Å². The maximum absolute atomic E-state index is 13.9. The number of benzene rings is 1. The lowest BCUT2D eigenvalue weighted by atomic mass is 9.91. The van der Waals surface area contributed by atoms with Gasteiger partial charge in [0, 0.05) is 29.7 Å². The largest absolute Gasteiger partial charge is 0.432 e. The Morgan fingerprint density at radius 2 is 1.79 bits per heavy atom. The Labute approximate surface area is 163 Å². The van der Waals surface area contributed by atoms with Gasteiger partial charge in [-0.05, 0) is 37.8 Å². The van der Waals surface area contributed by atoms with Crippen LogP contribution in [-0.4, -0.2) is 42.6 Å². The van der Waals surface area contributed by atoms with E-state index in [9.17, 15) is 26.7 Å². The number of pyridine rings is 1. The standard InChI is InChI=1S/C19H20F5N3O2/c20-14-6-10-5-11(8-26-15(10)7-16(14)29-19(23)24)18(28)27-13-3-1-12(2-4-13)25-9-17(21)22/h5-8,12-13,17,19,25H,1-4,9H2,(H,27,28)/t12-,13-. The van der Waals surface area contributed by atoms with Crippen LogP contribution in [-0.2, 0) is 0 Å². The minimum absolute atomic E-state index is 0.00659. The molecular formula is C19H20F5N3O2. The predicted octanol–water partition coefficient (Wildman–Crippen LogP) is 3.87. The summed E-state index contributed by atoms with van der Waals surface area (Å²) in [5.74, 6) is -1.99. The number of carbonyl (C=O) groups is 1. The van der Waals surface area contributed by atoms with Crippen molar-refractivity contribution in [3.05, 3.63) is 35.8 Å². The molecule has 0 unspecified atom stereocenters. The lowest BCUT2D eigenvalue weighted by Gasteiger charge is -2.29. The first-order valence-electron chi connectivity index (χ1n) is 9.18. The third-order valence-electron chi connectivity index (χ3n) is 4.84. The summed E-state index contributed by atoms with van der Waals surface area (Å²) in [5.41, 5.74) is 0.418. The maximum Gasteiger partial charge on any atom is 0.387 e. The minimum atomic E-state index is -3.16. The van der Waals surface area contributed by atoms with Crippen molar-refractivity contribution in [1.82, 2.24) is 15.6 Å². The zero-order chi connectivity index (χ0) is 21.0. The molecular weight excluding hydrogens is 397 g/mol. The van der Waals surface area contributed by atoms with Gasteiger partial charge < -0.3 is 15.4 Å². The van der Waals surface area contributed by atoms with Crippen LogP contribution in [0.25, 0.3) is 10.9 Å². The molecule has 2 aromatic rings. The van der Waals surface area contributed by atoms with Gasteiger partial charge in [0.2, 0.25) is 0 Å². The Balaban J connectivity index is 1.61. The number of alkyl halides is 4. The normalized spacial score (nSPS) is 19.7. The Morgan fingerprint density at radius 1 is 1.10 bits per heavy atom. The Morgan fingerprint density at radius 3 is 2.45 bits per heavy atom. The van der Waals surface area contributed by atoms with E-state index in [0.717, 1.165) is 12.1 Å². The maximum atomic E-state index is 13.9. The summed E-state index contributed by atoms with van der Waals surface area (Å²) in [6, 6.07) is 3.36. The fourth-order valence-electron chi connectivity index (χ4n) is 3.41. The molecule has 29 heavy (non-hydrogen) atoms. The average Bonchev–Trinajstić information content (AvgIpc) is 2.67. The SMILES string of the molecule is O=C(N[C@H]1CC[C@H](NCC(F)F)CC1)c1cnc2cc(OC(F)F)c(F)cc2c1. The van der Waals surface area contributed by atoms with Gasteiger partial charge in [-0.1, -0.05) is 0 Å². The summed E-state index contributed by atoms with van der Waals surface area (Å²) in [6.45, 7) is -3.50. The second-order valence-electron chi connectivity index (χ2n) is 6.90. The summed E-state index contributed by atoms with van der Waals surface area (Å²) < 4.78 is 67.1. The highest BCUT2D eigenvalue weighted by Gasteiger charge is 2.23. The van der Waals surface area contributed by atoms with Crippen molar-refractivity contribution >= 4 is 16.8 Å². The molecule has 3 rings (SSSR count). The number of nitrogens with zero attached hydrogens (tertiary/aromatic N) is 1. The van der Waals surface area contributed by atoms with Crippen LogP contribution in [0.1, 0.15) is 36.0 Å². The number of hydrogen-bond donors (Lipinski definition) is 2. The van der Waals surface area contributed by atoms with Crippen molar-refractivity contribution < 1.29 is 31.5 Å². The number of fused-ring (bicyclic) bond motifs is 1. The van der Waals surface area contributed by atoms with Gasteiger partial charge in [-0.2, -0.15) is 8.78 Å². The van der Waals surface area contributed by atoms with Gasteiger partial charge in [0.25, 0.3) is 12.3 Å². The molecule has 1 aromatic heterocycles. The molecule has 2 N–H and O–H groups in total. The number of rotatable bonds is 7. The molecule has 0 aliphatic heterocycles. The number of halogens is 5. The molecule has 1 heterocycles. The topological polar surface area (TPSA) is 63.2 Å². The summed E-state index contributed by atoms with van der Waals surface area (Å²) in [7, 11) is 0. The van der Waals surface area contributed by atoms with Crippen LogP contribution in [0.15, 0.2) is 24.4 Å². The summed E-state index contributed by atoms with van der Waals surface area (Å²) in [6.07, 6.45) is 1.53. The molecule has 0 atom stereocenters. The van der Waals surface area contributed by atoms with Gasteiger partial charge in [0.15, 0.2) is 11.6 Å². The molecule has 0 radical (unpaired) electrons. The predicted molar refractivity (Wildman–Crippen MR) is 95.8 cm³/mol. The smallest absolute Gasteiger partial charge is 0.387 e. The molecule has 158 valence electrons. The lowest BCUT2D eigenvalue weighted by molar-refractivity contribution is -0.0520. The summed E-state index contributed by atoms with van der Waals surface area (Å²) in [5, 5.41) is 5.94. The Kier molecular flexibility index (Phi) is 6.83. The van der Waals surface area contributed by atoms with E-state index in [4.69, 9.17) is 0 Å². The van der Waals surface area contributed by atoms with E-state index in [1.807, 2.05) is 0 Å². The van der Waals surface area contributed by atoms with Gasteiger partial charge in [0.05, 0.1) is 17.6 Å². The van der Waals surface area contributed by atoms with Crippen LogP contribution in [0.2, 0.25) is 0 Å². The van der Waals surface area contributed by atoms with Crippen molar-refractivity contribution in [3.63, 3.8) is 0 Å². The van der Waals surface area contributed by atoms with Crippen molar-refractivity contribution in [2.45, 2.75) is 50.8 Å². The monoisotopic (exact) mass is 417 g/mol. The highest BCUT2D eigenvalue weighted by molar-refractivity contribution is 5.97. The highest BCUT2D eigenvalue weighted by Crippen LogP contribution is 2.26. The van der Waals surface area contributed by atoms with Crippen LogP contribution in [0.4, 0.5) is 22.0 Å². The van der Waals surface area contributed by atoms with Crippen molar-refractivity contribution in [3.8, 4) is 5.75 Å². The number of ether oxygens (including phenoxy) is 1. The second kappa shape index (κ2) is 9.34. The van der Waals surface area contributed by atoms with Gasteiger partial charge in [-0.25, -0.2) is 13.2 Å². The summed E-state index contributed by atoms with van der Waals surface area (Å²) >= 11 is 0. The molecule has 0 spiro atoms. The van der Waals surface area contributed by atoms with E-state index in [2.05, 4.69) is 20.4 Å². The highest BCUT2D eigenvalue weighted by atomic mass is 19.3. The summed E-state index contributed by atoms with van der Waals surface area (Å²) in [4.78, 5) is 16.5. The molecule has 1 aliphatic carbocycles. The van der Waals surface area contributed by atoms with Crippen LogP contribution in [0.5, 0.6) is 5.75 Å². The van der Waals surface area contributed by atoms with Crippen LogP contribution in [0.3, 0.4) is 0 Å². The average molecular weight is 417 g/mol. The van der Waals surface area contributed by atoms with Crippen molar-refractivity contribution in [2.75, 3.05) is 6.54 Å². The van der Waals surface area contributed by atoms with Gasteiger partial charge >= 0.3 is 6.61 Å². The molecule has 10 heteroatoms. The van der Waals surface area contributed by atoms with Gasteiger partial charge in [-0.3, -0.25) is 9.78 Å². The van der Waals surface area contributed by atoms with E-state index in [-0.39, 0.29) is 35.1 Å². The first kappa shape index (κ1) is 21.2. The third kappa shape index (κ3) is 5.75. The fraction of sp³-hybridized carbons (Fsp3) is 0.474. The van der Waals surface area contributed by atoms with E-state index in [1.54, 1.807) is 0 Å². The van der Waals surface area contributed by atoms with E-state index < -0.39 is 30.5 Å². The molecule has 0 bridgehead atoms. The van der Waals surface area contributed by atoms with Gasteiger partial charge in [-0.15, -0.1) is 0 Å². The van der Waals surface area contributed by atoms with Crippen molar-refractivity contribution in [1.29, 1.82) is 0 Å². The fourth-order valence-corrected chi connectivity index (χ4v) is 3.41. The number of hydrogen-bond acceptors (Lipinski definition) is 4. The number of nitrogens with one attached hydrogen (secondary N) is 2. The number of aromatic nitrogens is 1. The first-order chi connectivity index (χ1) is 13.8. The number of amides is 1. The zero-order valence-corrected chi connectivity index (χ0v) is 15.3. The second-order valence-corrected chi connectivity index (χ2v) is 6.90. The molecule has 1 aromatic carbocycles. The third-order valence-corrected chi connectivity index (χ3v) is 4.84. The molecule has 5 nitrogen and oxygen atoms in total. The molecule has 0 saturated heterocycles. The molecule has 1 saturated carbocycles. The number of carbonyl (C=O) groups excluding carboxylic acids is 1. The quantitative estimate of drug-likeness (QED) is 0.672. The Hall–Kier alpha value is -2.49. The Bertz CT molecular complexity index is 857.